The number of hydrogen-bond acceptors (Lipinski definition) is 5. The Morgan fingerprint density at radius 1 is 0.943 bits per heavy atom. The quantitative estimate of drug-likeness (QED) is 0.416. The van der Waals surface area contributed by atoms with E-state index in [4.69, 9.17) is 4.74 Å². The Morgan fingerprint density at radius 2 is 1.63 bits per heavy atom. The molecule has 35 heavy (non-hydrogen) atoms. The number of hydrogen-bond donors (Lipinski definition) is 1. The molecule has 0 aliphatic rings. The first-order chi connectivity index (χ1) is 17.0. The number of aromatic nitrogens is 2. The monoisotopic (exact) mass is 474 g/mol. The molecule has 2 amide bonds. The van der Waals surface area contributed by atoms with Crippen molar-refractivity contribution in [3.8, 4) is 5.75 Å². The molecule has 0 bridgehead atoms. The van der Waals surface area contributed by atoms with Crippen LogP contribution in [0.4, 0.5) is 20.2 Å². The largest absolute Gasteiger partial charge is 0.497 e. The van der Waals surface area contributed by atoms with Gasteiger partial charge in [0, 0.05) is 23.8 Å². The molecule has 0 spiro atoms. The number of halogens is 2. The highest BCUT2D eigenvalue weighted by molar-refractivity contribution is 6.11. The molecule has 0 fully saturated rings. The molecule has 1 heterocycles. The van der Waals surface area contributed by atoms with Crippen LogP contribution in [0.2, 0.25) is 0 Å². The van der Waals surface area contributed by atoms with Gasteiger partial charge in [-0.05, 0) is 66.2 Å². The zero-order valence-electron chi connectivity index (χ0n) is 18.6. The number of carbonyl (C=O) groups excluding carboxylic acids is 2. The molecule has 1 aromatic heterocycles. The summed E-state index contributed by atoms with van der Waals surface area (Å²) in [7, 11) is 1.48. The zero-order valence-corrected chi connectivity index (χ0v) is 18.6. The fourth-order valence-electron chi connectivity index (χ4n) is 3.49. The Hall–Kier alpha value is -4.66. The van der Waals surface area contributed by atoms with Gasteiger partial charge in [0.15, 0.2) is 0 Å². The van der Waals surface area contributed by atoms with E-state index in [-0.39, 0.29) is 11.4 Å². The molecule has 0 saturated carbocycles. The Labute approximate surface area is 200 Å². The van der Waals surface area contributed by atoms with Crippen LogP contribution in [-0.4, -0.2) is 28.9 Å². The van der Waals surface area contributed by atoms with Gasteiger partial charge in [0.25, 0.3) is 11.8 Å². The molecular formula is C26H20F2N4O3. The van der Waals surface area contributed by atoms with Crippen LogP contribution < -0.4 is 15.0 Å². The molecule has 3 aromatic carbocycles. The van der Waals surface area contributed by atoms with Crippen molar-refractivity contribution in [1.82, 2.24) is 9.97 Å². The molecule has 9 heteroatoms. The van der Waals surface area contributed by atoms with Crippen LogP contribution >= 0.6 is 0 Å². The van der Waals surface area contributed by atoms with Gasteiger partial charge in [-0.3, -0.25) is 19.5 Å². The highest BCUT2D eigenvalue weighted by Gasteiger charge is 2.34. The Kier molecular flexibility index (Phi) is 7.06. The van der Waals surface area contributed by atoms with Crippen LogP contribution in [0.1, 0.15) is 22.1 Å². The molecule has 0 unspecified atom stereocenters. The van der Waals surface area contributed by atoms with Crippen molar-refractivity contribution in [2.45, 2.75) is 6.04 Å². The number of carbonyl (C=O) groups is 2. The van der Waals surface area contributed by atoms with Gasteiger partial charge in [-0.2, -0.15) is 0 Å². The third-order valence-corrected chi connectivity index (χ3v) is 5.13. The van der Waals surface area contributed by atoms with E-state index in [0.29, 0.717) is 17.0 Å². The highest BCUT2D eigenvalue weighted by atomic mass is 19.1. The maximum Gasteiger partial charge on any atom is 0.279 e. The number of methoxy groups -OCH3 is 1. The number of benzene rings is 3. The van der Waals surface area contributed by atoms with Crippen molar-refractivity contribution in [3.05, 3.63) is 114 Å². The maximum absolute atomic E-state index is 13.7. The normalized spacial score (nSPS) is 11.4. The van der Waals surface area contributed by atoms with Gasteiger partial charge in [-0.1, -0.05) is 12.1 Å². The van der Waals surface area contributed by atoms with E-state index in [0.717, 1.165) is 0 Å². The first-order valence-electron chi connectivity index (χ1n) is 10.5. The SMILES string of the molecule is COc1cccc([C@H](C(=O)Nc2ccc(F)cc2)N(C(=O)c2cnccn2)c2ccc(F)cc2)c1. The lowest BCUT2D eigenvalue weighted by Crippen LogP contribution is -2.42. The summed E-state index contributed by atoms with van der Waals surface area (Å²) in [6.45, 7) is 0. The van der Waals surface area contributed by atoms with E-state index in [2.05, 4.69) is 15.3 Å². The van der Waals surface area contributed by atoms with Crippen LogP contribution in [0, 0.1) is 11.6 Å². The second kappa shape index (κ2) is 10.5. The summed E-state index contributed by atoms with van der Waals surface area (Å²) < 4.78 is 32.4. The van der Waals surface area contributed by atoms with Crippen LogP contribution in [0.5, 0.6) is 5.75 Å². The minimum atomic E-state index is -1.23. The number of nitrogens with zero attached hydrogens (tertiary/aromatic N) is 3. The first-order valence-corrected chi connectivity index (χ1v) is 10.5. The lowest BCUT2D eigenvalue weighted by molar-refractivity contribution is -0.117. The topological polar surface area (TPSA) is 84.4 Å². The molecule has 7 nitrogen and oxygen atoms in total. The van der Waals surface area contributed by atoms with Crippen LogP contribution in [-0.2, 0) is 4.79 Å². The third kappa shape index (κ3) is 5.47. The van der Waals surface area contributed by atoms with Crippen molar-refractivity contribution in [1.29, 1.82) is 0 Å². The average molecular weight is 474 g/mol. The number of nitrogens with one attached hydrogen (secondary N) is 1. The smallest absolute Gasteiger partial charge is 0.279 e. The van der Waals surface area contributed by atoms with Crippen molar-refractivity contribution in [3.63, 3.8) is 0 Å². The van der Waals surface area contributed by atoms with Crippen molar-refractivity contribution >= 4 is 23.2 Å². The number of anilines is 2. The number of ether oxygens (including phenoxy) is 1. The van der Waals surface area contributed by atoms with Crippen LogP contribution in [0.25, 0.3) is 0 Å². The number of rotatable bonds is 7. The van der Waals surface area contributed by atoms with E-state index in [1.54, 1.807) is 24.3 Å². The Balaban J connectivity index is 1.85. The second-order valence-corrected chi connectivity index (χ2v) is 7.42. The summed E-state index contributed by atoms with van der Waals surface area (Å²) in [5.41, 5.74) is 0.990. The maximum atomic E-state index is 13.7. The molecule has 0 radical (unpaired) electrons. The molecule has 4 rings (SSSR count). The summed E-state index contributed by atoms with van der Waals surface area (Å²) in [5, 5.41) is 2.72. The molecule has 0 aliphatic heterocycles. The molecule has 0 saturated heterocycles. The van der Waals surface area contributed by atoms with Crippen LogP contribution in [0.15, 0.2) is 91.4 Å². The minimum absolute atomic E-state index is 0.0145. The molecular weight excluding hydrogens is 454 g/mol. The van der Waals surface area contributed by atoms with Gasteiger partial charge in [0.05, 0.1) is 13.3 Å². The van der Waals surface area contributed by atoms with Crippen molar-refractivity contribution in [2.75, 3.05) is 17.3 Å². The molecule has 4 aromatic rings. The van der Waals surface area contributed by atoms with Crippen LogP contribution in [0.3, 0.4) is 0 Å². The molecule has 176 valence electrons. The highest BCUT2D eigenvalue weighted by Crippen LogP contribution is 2.32. The summed E-state index contributed by atoms with van der Waals surface area (Å²) in [6, 6.07) is 15.8. The summed E-state index contributed by atoms with van der Waals surface area (Å²) >= 11 is 0. The third-order valence-electron chi connectivity index (χ3n) is 5.13. The van der Waals surface area contributed by atoms with Gasteiger partial charge in [0.1, 0.15) is 29.1 Å². The molecule has 1 atom stereocenters. The van der Waals surface area contributed by atoms with E-state index in [1.165, 1.54) is 79.1 Å². The first kappa shape index (κ1) is 23.5. The van der Waals surface area contributed by atoms with Gasteiger partial charge in [0.2, 0.25) is 0 Å². The Morgan fingerprint density at radius 3 is 2.26 bits per heavy atom. The molecule has 1 N–H and O–H groups in total. The molecule has 0 aliphatic carbocycles. The fraction of sp³-hybridized carbons (Fsp3) is 0.0769. The lowest BCUT2D eigenvalue weighted by atomic mass is 10.0. The predicted octanol–water partition coefficient (Wildman–Crippen LogP) is 4.79. The van der Waals surface area contributed by atoms with Crippen molar-refractivity contribution in [2.24, 2.45) is 0 Å². The lowest BCUT2D eigenvalue weighted by Gasteiger charge is -2.31. The Bertz CT molecular complexity index is 1320. The fourth-order valence-corrected chi connectivity index (χ4v) is 3.49. The van der Waals surface area contributed by atoms with Gasteiger partial charge < -0.3 is 10.1 Å². The van der Waals surface area contributed by atoms with Crippen molar-refractivity contribution < 1.29 is 23.1 Å². The zero-order chi connectivity index (χ0) is 24.8. The second-order valence-electron chi connectivity index (χ2n) is 7.42. The van der Waals surface area contributed by atoms with E-state index < -0.39 is 29.5 Å². The van der Waals surface area contributed by atoms with E-state index in [1.807, 2.05) is 0 Å². The van der Waals surface area contributed by atoms with Gasteiger partial charge in [-0.25, -0.2) is 13.8 Å². The van der Waals surface area contributed by atoms with E-state index >= 15 is 0 Å². The average Bonchev–Trinajstić information content (AvgIpc) is 2.89. The van der Waals surface area contributed by atoms with Gasteiger partial charge >= 0.3 is 0 Å². The minimum Gasteiger partial charge on any atom is -0.497 e. The van der Waals surface area contributed by atoms with E-state index in [9.17, 15) is 18.4 Å². The number of amides is 2. The summed E-state index contributed by atoms with van der Waals surface area (Å²) in [4.78, 5) is 36.6. The van der Waals surface area contributed by atoms with Gasteiger partial charge in [-0.15, -0.1) is 0 Å². The summed E-state index contributed by atoms with van der Waals surface area (Å²) in [5.74, 6) is -1.72. The predicted molar refractivity (Wildman–Crippen MR) is 126 cm³/mol. The standard InChI is InChI=1S/C26H20F2N4O3/c1-35-22-4-2-3-17(15-22)24(25(33)31-20-9-5-18(27)6-10-20)32(21-11-7-19(28)8-12-21)26(34)23-16-29-13-14-30-23/h2-16,24H,1H3,(H,31,33)/t24-/m1/s1. The summed E-state index contributed by atoms with van der Waals surface area (Å²) in [6.07, 6.45) is 4.05.